The summed E-state index contributed by atoms with van der Waals surface area (Å²) in [6.07, 6.45) is 1.83. The molecule has 4 nitrogen and oxygen atoms in total. The van der Waals surface area contributed by atoms with E-state index in [9.17, 15) is 4.79 Å². The average molecular weight is 185 g/mol. The number of nitrogens with zero attached hydrogens (tertiary/aromatic N) is 1. The Morgan fingerprint density at radius 2 is 2.08 bits per heavy atom. The predicted molar refractivity (Wildman–Crippen MR) is 48.2 cm³/mol. The van der Waals surface area contributed by atoms with Crippen molar-refractivity contribution in [3.8, 4) is 0 Å². The Balaban J connectivity index is 2.47. The number of methoxy groups -OCH3 is 1. The maximum atomic E-state index is 11.0. The van der Waals surface area contributed by atoms with E-state index in [1.807, 2.05) is 6.20 Å². The van der Waals surface area contributed by atoms with Gasteiger partial charge in [-0.15, -0.1) is 0 Å². The highest BCUT2D eigenvalue weighted by Gasteiger charge is 2.09. The third-order valence-corrected chi connectivity index (χ3v) is 1.93. The van der Waals surface area contributed by atoms with Crippen LogP contribution < -0.4 is 0 Å². The minimum absolute atomic E-state index is 0.272. The molecule has 1 heterocycles. The summed E-state index contributed by atoms with van der Waals surface area (Å²) in [5.74, 6) is -0.272. The van der Waals surface area contributed by atoms with Gasteiger partial charge in [0.05, 0.1) is 20.3 Å². The van der Waals surface area contributed by atoms with Crippen LogP contribution in [0.25, 0.3) is 0 Å². The topological polar surface area (TPSA) is 38.8 Å². The highest BCUT2D eigenvalue weighted by atomic mass is 16.5. The van der Waals surface area contributed by atoms with Gasteiger partial charge in [-0.3, -0.25) is 0 Å². The number of hydrogen-bond acceptors (Lipinski definition) is 4. The number of morpholine rings is 1. The van der Waals surface area contributed by atoms with Crippen molar-refractivity contribution in [3.05, 3.63) is 11.8 Å². The lowest BCUT2D eigenvalue weighted by atomic mass is 10.3. The van der Waals surface area contributed by atoms with Crippen LogP contribution in [-0.2, 0) is 14.3 Å². The molecule has 0 aromatic rings. The summed E-state index contributed by atoms with van der Waals surface area (Å²) in [5, 5.41) is 0. The summed E-state index contributed by atoms with van der Waals surface area (Å²) in [4.78, 5) is 13.1. The first kappa shape index (κ1) is 10.1. The van der Waals surface area contributed by atoms with Crippen LogP contribution in [0.1, 0.15) is 6.92 Å². The molecule has 0 unspecified atom stereocenters. The fraction of sp³-hybridized carbons (Fsp3) is 0.667. The third-order valence-electron chi connectivity index (χ3n) is 1.93. The second-order valence-corrected chi connectivity index (χ2v) is 2.95. The summed E-state index contributed by atoms with van der Waals surface area (Å²) in [6.45, 7) is 4.89. The van der Waals surface area contributed by atoms with Gasteiger partial charge in [0, 0.05) is 24.9 Å². The minimum atomic E-state index is -0.272. The van der Waals surface area contributed by atoms with Gasteiger partial charge in [0.25, 0.3) is 0 Å². The van der Waals surface area contributed by atoms with Crippen LogP contribution in [0.15, 0.2) is 11.8 Å². The summed E-state index contributed by atoms with van der Waals surface area (Å²) in [7, 11) is 1.39. The SMILES string of the molecule is COC(=O)/C(C)=C/N1CCOCC1. The molecule has 0 aliphatic carbocycles. The predicted octanol–water partition coefficient (Wildman–Crippen LogP) is 0.395. The van der Waals surface area contributed by atoms with Crippen molar-refractivity contribution in [2.24, 2.45) is 0 Å². The zero-order chi connectivity index (χ0) is 9.68. The van der Waals surface area contributed by atoms with Crippen molar-refractivity contribution in [1.82, 2.24) is 4.90 Å². The molecule has 0 aromatic carbocycles. The molecule has 1 fully saturated rings. The Bertz CT molecular complexity index is 207. The van der Waals surface area contributed by atoms with Crippen LogP contribution in [0, 0.1) is 0 Å². The fourth-order valence-electron chi connectivity index (χ4n) is 1.19. The zero-order valence-corrected chi connectivity index (χ0v) is 8.08. The Hall–Kier alpha value is -1.03. The van der Waals surface area contributed by atoms with Crippen LogP contribution >= 0.6 is 0 Å². The standard InChI is InChI=1S/C9H15NO3/c1-8(9(11)12-2)7-10-3-5-13-6-4-10/h7H,3-6H2,1-2H3/b8-7+. The number of rotatable bonds is 2. The molecule has 0 saturated carbocycles. The van der Waals surface area contributed by atoms with Crippen molar-refractivity contribution in [2.45, 2.75) is 6.92 Å². The number of hydrogen-bond donors (Lipinski definition) is 0. The normalized spacial score (nSPS) is 18.6. The first-order valence-corrected chi connectivity index (χ1v) is 4.32. The van der Waals surface area contributed by atoms with Crippen LogP contribution in [0.5, 0.6) is 0 Å². The molecule has 0 amide bonds. The Morgan fingerprint density at radius 1 is 1.46 bits per heavy atom. The van der Waals surface area contributed by atoms with E-state index in [4.69, 9.17) is 4.74 Å². The van der Waals surface area contributed by atoms with Crippen molar-refractivity contribution < 1.29 is 14.3 Å². The van der Waals surface area contributed by atoms with E-state index in [0.717, 1.165) is 26.3 Å². The van der Waals surface area contributed by atoms with Gasteiger partial charge in [0.15, 0.2) is 0 Å². The van der Waals surface area contributed by atoms with Crippen LogP contribution in [-0.4, -0.2) is 44.3 Å². The fourth-order valence-corrected chi connectivity index (χ4v) is 1.19. The second-order valence-electron chi connectivity index (χ2n) is 2.95. The molecule has 1 saturated heterocycles. The maximum Gasteiger partial charge on any atom is 0.334 e. The van der Waals surface area contributed by atoms with E-state index in [0.29, 0.717) is 5.57 Å². The third kappa shape index (κ3) is 3.06. The Morgan fingerprint density at radius 3 is 2.62 bits per heavy atom. The van der Waals surface area contributed by atoms with Crippen LogP contribution in [0.2, 0.25) is 0 Å². The van der Waals surface area contributed by atoms with Gasteiger partial charge in [-0.2, -0.15) is 0 Å². The Labute approximate surface area is 78.1 Å². The van der Waals surface area contributed by atoms with E-state index >= 15 is 0 Å². The van der Waals surface area contributed by atoms with E-state index in [1.54, 1.807) is 6.92 Å². The lowest BCUT2D eigenvalue weighted by Gasteiger charge is -2.25. The molecule has 4 heteroatoms. The molecule has 1 aliphatic rings. The minimum Gasteiger partial charge on any atom is -0.466 e. The summed E-state index contributed by atoms with van der Waals surface area (Å²) >= 11 is 0. The van der Waals surface area contributed by atoms with Crippen LogP contribution in [0.3, 0.4) is 0 Å². The largest absolute Gasteiger partial charge is 0.466 e. The highest BCUT2D eigenvalue weighted by molar-refractivity contribution is 5.87. The average Bonchev–Trinajstić information content (AvgIpc) is 2.18. The highest BCUT2D eigenvalue weighted by Crippen LogP contribution is 2.02. The number of esters is 1. The molecule has 0 spiro atoms. The van der Waals surface area contributed by atoms with Crippen molar-refractivity contribution in [1.29, 1.82) is 0 Å². The van der Waals surface area contributed by atoms with E-state index in [2.05, 4.69) is 9.64 Å². The quantitative estimate of drug-likeness (QED) is 0.461. The molecule has 0 bridgehead atoms. The van der Waals surface area contributed by atoms with Gasteiger partial charge in [0.1, 0.15) is 0 Å². The summed E-state index contributed by atoms with van der Waals surface area (Å²) in [5.41, 5.74) is 0.629. The van der Waals surface area contributed by atoms with Gasteiger partial charge in [-0.1, -0.05) is 0 Å². The molecule has 0 aromatic heterocycles. The maximum absolute atomic E-state index is 11.0. The molecule has 1 aliphatic heterocycles. The first-order chi connectivity index (χ1) is 6.24. The molecule has 13 heavy (non-hydrogen) atoms. The molecule has 0 N–H and O–H groups in total. The van der Waals surface area contributed by atoms with Gasteiger partial charge >= 0.3 is 5.97 Å². The van der Waals surface area contributed by atoms with Gasteiger partial charge in [-0.05, 0) is 6.92 Å². The van der Waals surface area contributed by atoms with Crippen molar-refractivity contribution >= 4 is 5.97 Å². The van der Waals surface area contributed by atoms with Crippen molar-refractivity contribution in [3.63, 3.8) is 0 Å². The molecule has 0 radical (unpaired) electrons. The number of carbonyl (C=O) groups is 1. The second kappa shape index (κ2) is 4.87. The van der Waals surface area contributed by atoms with Gasteiger partial charge in [-0.25, -0.2) is 4.79 Å². The van der Waals surface area contributed by atoms with Gasteiger partial charge in [0.2, 0.25) is 0 Å². The first-order valence-electron chi connectivity index (χ1n) is 4.32. The van der Waals surface area contributed by atoms with E-state index in [1.165, 1.54) is 7.11 Å². The lowest BCUT2D eigenvalue weighted by molar-refractivity contribution is -0.136. The molecular formula is C9H15NO3. The summed E-state index contributed by atoms with van der Waals surface area (Å²) in [6, 6.07) is 0. The molecule has 1 rings (SSSR count). The molecule has 74 valence electrons. The van der Waals surface area contributed by atoms with Crippen molar-refractivity contribution in [2.75, 3.05) is 33.4 Å². The molecule has 0 atom stereocenters. The Kier molecular flexibility index (Phi) is 3.76. The van der Waals surface area contributed by atoms with Gasteiger partial charge < -0.3 is 14.4 Å². The van der Waals surface area contributed by atoms with E-state index in [-0.39, 0.29) is 5.97 Å². The molecular weight excluding hydrogens is 170 g/mol. The van der Waals surface area contributed by atoms with Crippen LogP contribution in [0.4, 0.5) is 0 Å². The smallest absolute Gasteiger partial charge is 0.334 e. The zero-order valence-electron chi connectivity index (χ0n) is 8.08. The van der Waals surface area contributed by atoms with E-state index < -0.39 is 0 Å². The number of ether oxygens (including phenoxy) is 2. The number of carbonyl (C=O) groups excluding carboxylic acids is 1. The monoisotopic (exact) mass is 185 g/mol. The summed E-state index contributed by atoms with van der Waals surface area (Å²) < 4.78 is 9.77. The lowest BCUT2D eigenvalue weighted by Crippen LogP contribution is -2.32.